The van der Waals surface area contributed by atoms with Gasteiger partial charge in [-0.3, -0.25) is 4.79 Å². The third kappa shape index (κ3) is 4.31. The highest BCUT2D eigenvalue weighted by Gasteiger charge is 2.16. The van der Waals surface area contributed by atoms with Gasteiger partial charge in [-0.2, -0.15) is 0 Å². The Morgan fingerprint density at radius 2 is 1.83 bits per heavy atom. The number of aliphatic hydroxyl groups is 1. The SMILES string of the molecule is O=C(N[C@H](CO)c1ccccc1)c1ccc2c(c1)ncn2Cc1ccc(Cl)cc1. The summed E-state index contributed by atoms with van der Waals surface area (Å²) >= 11 is 5.95. The van der Waals surface area contributed by atoms with Crippen molar-refractivity contribution in [1.29, 1.82) is 0 Å². The van der Waals surface area contributed by atoms with E-state index in [0.29, 0.717) is 17.1 Å². The lowest BCUT2D eigenvalue weighted by Gasteiger charge is -2.16. The van der Waals surface area contributed by atoms with Gasteiger partial charge in [-0.15, -0.1) is 0 Å². The molecule has 29 heavy (non-hydrogen) atoms. The van der Waals surface area contributed by atoms with Crippen molar-refractivity contribution in [3.05, 3.63) is 101 Å². The third-order valence-electron chi connectivity index (χ3n) is 4.84. The molecule has 0 bridgehead atoms. The molecule has 4 rings (SSSR count). The molecule has 0 aliphatic rings. The van der Waals surface area contributed by atoms with E-state index in [2.05, 4.69) is 10.3 Å². The van der Waals surface area contributed by atoms with Gasteiger partial charge in [0.2, 0.25) is 0 Å². The zero-order valence-corrected chi connectivity index (χ0v) is 16.4. The molecule has 0 spiro atoms. The quantitative estimate of drug-likeness (QED) is 0.505. The van der Waals surface area contributed by atoms with Crippen LogP contribution < -0.4 is 5.32 Å². The standard InChI is InChI=1S/C23H20ClN3O2/c24-19-9-6-16(7-10-19)13-27-15-25-20-12-18(8-11-22(20)27)23(29)26-21(14-28)17-4-2-1-3-5-17/h1-12,15,21,28H,13-14H2,(H,26,29)/t21-/m1/s1. The average Bonchev–Trinajstić information content (AvgIpc) is 3.16. The molecule has 1 aromatic heterocycles. The fourth-order valence-electron chi connectivity index (χ4n) is 3.28. The molecular weight excluding hydrogens is 386 g/mol. The van der Waals surface area contributed by atoms with Gasteiger partial charge in [-0.05, 0) is 41.5 Å². The molecule has 0 aliphatic heterocycles. The second-order valence-electron chi connectivity index (χ2n) is 6.82. The number of aromatic nitrogens is 2. The number of halogens is 1. The fraction of sp³-hybridized carbons (Fsp3) is 0.130. The number of nitrogens with one attached hydrogen (secondary N) is 1. The van der Waals surface area contributed by atoms with Crippen LogP contribution >= 0.6 is 11.6 Å². The number of rotatable bonds is 6. The van der Waals surface area contributed by atoms with Crippen molar-refractivity contribution in [1.82, 2.24) is 14.9 Å². The first-order valence-electron chi connectivity index (χ1n) is 9.30. The van der Waals surface area contributed by atoms with Gasteiger partial charge in [0, 0.05) is 17.1 Å². The number of fused-ring (bicyclic) bond motifs is 1. The van der Waals surface area contributed by atoms with Crippen LogP contribution in [0.4, 0.5) is 0 Å². The number of benzene rings is 3. The molecule has 2 N–H and O–H groups in total. The molecule has 3 aromatic carbocycles. The second-order valence-corrected chi connectivity index (χ2v) is 7.26. The summed E-state index contributed by atoms with van der Waals surface area (Å²) in [7, 11) is 0. The van der Waals surface area contributed by atoms with Gasteiger partial charge in [0.05, 0.1) is 30.0 Å². The molecule has 0 unspecified atom stereocenters. The largest absolute Gasteiger partial charge is 0.394 e. The number of aliphatic hydroxyl groups excluding tert-OH is 1. The van der Waals surface area contributed by atoms with E-state index >= 15 is 0 Å². The maximum absolute atomic E-state index is 12.7. The minimum Gasteiger partial charge on any atom is -0.394 e. The van der Waals surface area contributed by atoms with Crippen LogP contribution in [-0.4, -0.2) is 27.2 Å². The Kier molecular flexibility index (Phi) is 5.60. The van der Waals surface area contributed by atoms with Crippen LogP contribution in [0.1, 0.15) is 27.5 Å². The lowest BCUT2D eigenvalue weighted by molar-refractivity contribution is 0.0916. The number of carbonyl (C=O) groups is 1. The molecule has 6 heteroatoms. The topological polar surface area (TPSA) is 67.2 Å². The highest BCUT2D eigenvalue weighted by Crippen LogP contribution is 2.19. The van der Waals surface area contributed by atoms with Crippen molar-refractivity contribution in [2.45, 2.75) is 12.6 Å². The van der Waals surface area contributed by atoms with Gasteiger partial charge >= 0.3 is 0 Å². The van der Waals surface area contributed by atoms with Crippen LogP contribution in [-0.2, 0) is 6.54 Å². The number of hydrogen-bond donors (Lipinski definition) is 2. The Bertz CT molecular complexity index is 1120. The van der Waals surface area contributed by atoms with E-state index in [4.69, 9.17) is 11.6 Å². The van der Waals surface area contributed by atoms with E-state index in [9.17, 15) is 9.90 Å². The summed E-state index contributed by atoms with van der Waals surface area (Å²) in [5.74, 6) is -0.248. The van der Waals surface area contributed by atoms with Gasteiger partial charge in [0.15, 0.2) is 0 Å². The smallest absolute Gasteiger partial charge is 0.251 e. The molecule has 1 atom stereocenters. The van der Waals surface area contributed by atoms with E-state index in [1.165, 1.54) is 0 Å². The molecule has 5 nitrogen and oxygen atoms in total. The maximum Gasteiger partial charge on any atom is 0.251 e. The molecule has 1 amide bonds. The summed E-state index contributed by atoms with van der Waals surface area (Å²) < 4.78 is 2.03. The number of nitrogens with zero attached hydrogens (tertiary/aromatic N) is 2. The highest BCUT2D eigenvalue weighted by molar-refractivity contribution is 6.30. The molecule has 146 valence electrons. The van der Waals surface area contributed by atoms with Crippen molar-refractivity contribution in [3.8, 4) is 0 Å². The summed E-state index contributed by atoms with van der Waals surface area (Å²) in [6.07, 6.45) is 1.77. The molecule has 4 aromatic rings. The third-order valence-corrected chi connectivity index (χ3v) is 5.09. The number of carbonyl (C=O) groups excluding carboxylic acids is 1. The van der Waals surface area contributed by atoms with Gasteiger partial charge in [0.25, 0.3) is 5.91 Å². The Balaban J connectivity index is 1.53. The summed E-state index contributed by atoms with van der Waals surface area (Å²) in [5.41, 5.74) is 4.16. The van der Waals surface area contributed by atoms with Crippen molar-refractivity contribution < 1.29 is 9.90 Å². The molecule has 1 heterocycles. The predicted molar refractivity (Wildman–Crippen MR) is 114 cm³/mol. The highest BCUT2D eigenvalue weighted by atomic mass is 35.5. The molecule has 0 saturated carbocycles. The monoisotopic (exact) mass is 405 g/mol. The summed E-state index contributed by atoms with van der Waals surface area (Å²) in [6.45, 7) is 0.494. The van der Waals surface area contributed by atoms with E-state index in [-0.39, 0.29) is 12.5 Å². The van der Waals surface area contributed by atoms with Crippen LogP contribution in [0.5, 0.6) is 0 Å². The first-order chi connectivity index (χ1) is 14.1. The predicted octanol–water partition coefficient (Wildman–Crippen LogP) is 4.20. The fourth-order valence-corrected chi connectivity index (χ4v) is 3.40. The number of hydrogen-bond acceptors (Lipinski definition) is 3. The summed E-state index contributed by atoms with van der Waals surface area (Å²) in [6, 6.07) is 22.1. The molecule has 0 aliphatic carbocycles. The maximum atomic E-state index is 12.7. The lowest BCUT2D eigenvalue weighted by Crippen LogP contribution is -2.30. The number of imidazole rings is 1. The molecule has 0 fully saturated rings. The van der Waals surface area contributed by atoms with Gasteiger partial charge in [-0.25, -0.2) is 4.98 Å². The Hall–Kier alpha value is -3.15. The first kappa shape index (κ1) is 19.2. The summed E-state index contributed by atoms with van der Waals surface area (Å²) in [4.78, 5) is 17.1. The zero-order valence-electron chi connectivity index (χ0n) is 15.6. The second kappa shape index (κ2) is 8.47. The Labute approximate surface area is 173 Å². The molecular formula is C23H20ClN3O2. The van der Waals surface area contributed by atoms with Crippen molar-refractivity contribution in [3.63, 3.8) is 0 Å². The van der Waals surface area contributed by atoms with Gasteiger partial charge in [-0.1, -0.05) is 54.1 Å². The Morgan fingerprint density at radius 3 is 2.55 bits per heavy atom. The normalized spacial score (nSPS) is 12.1. The van der Waals surface area contributed by atoms with E-state index < -0.39 is 6.04 Å². The van der Waals surface area contributed by atoms with Crippen LogP contribution in [0.2, 0.25) is 5.02 Å². The number of amides is 1. The summed E-state index contributed by atoms with van der Waals surface area (Å²) in [5, 5.41) is 13.3. The van der Waals surface area contributed by atoms with Crippen molar-refractivity contribution in [2.75, 3.05) is 6.61 Å². The molecule has 0 radical (unpaired) electrons. The minimum absolute atomic E-state index is 0.173. The zero-order chi connectivity index (χ0) is 20.2. The molecule has 0 saturated heterocycles. The van der Waals surface area contributed by atoms with E-state index in [1.54, 1.807) is 18.5 Å². The van der Waals surface area contributed by atoms with E-state index in [0.717, 1.165) is 22.2 Å². The van der Waals surface area contributed by atoms with Crippen molar-refractivity contribution >= 4 is 28.5 Å². The van der Waals surface area contributed by atoms with Crippen LogP contribution in [0.3, 0.4) is 0 Å². The van der Waals surface area contributed by atoms with Crippen LogP contribution in [0.15, 0.2) is 79.1 Å². The van der Waals surface area contributed by atoms with Crippen molar-refractivity contribution in [2.24, 2.45) is 0 Å². The average molecular weight is 406 g/mol. The van der Waals surface area contributed by atoms with Crippen LogP contribution in [0, 0.1) is 0 Å². The van der Waals surface area contributed by atoms with Gasteiger partial charge in [0.1, 0.15) is 0 Å². The van der Waals surface area contributed by atoms with Crippen LogP contribution in [0.25, 0.3) is 11.0 Å². The first-order valence-corrected chi connectivity index (χ1v) is 9.68. The minimum atomic E-state index is -0.457. The lowest BCUT2D eigenvalue weighted by atomic mass is 10.1. The van der Waals surface area contributed by atoms with E-state index in [1.807, 2.05) is 65.2 Å². The van der Waals surface area contributed by atoms with Gasteiger partial charge < -0.3 is 15.0 Å². The Morgan fingerprint density at radius 1 is 1.07 bits per heavy atom.